The Balaban J connectivity index is 1.90. The lowest BCUT2D eigenvalue weighted by Crippen LogP contribution is -2.39. The molecule has 1 aliphatic carbocycles. The van der Waals surface area contributed by atoms with E-state index in [2.05, 4.69) is 59.1 Å². The summed E-state index contributed by atoms with van der Waals surface area (Å²) in [6.45, 7) is 3.28. The lowest BCUT2D eigenvalue weighted by molar-refractivity contribution is 0.296. The maximum Gasteiger partial charge on any atom is 0.0130 e. The van der Waals surface area contributed by atoms with Gasteiger partial charge >= 0.3 is 0 Å². The molecule has 14 heavy (non-hydrogen) atoms. The van der Waals surface area contributed by atoms with Crippen LogP contribution in [0.25, 0.3) is 0 Å². The highest BCUT2D eigenvalue weighted by Gasteiger charge is 2.29. The molecule has 2 heteroatoms. The summed E-state index contributed by atoms with van der Waals surface area (Å²) in [5.74, 6) is 0.802. The molecule has 0 radical (unpaired) electrons. The van der Waals surface area contributed by atoms with Gasteiger partial charge in [0.2, 0.25) is 0 Å². The molecule has 2 rings (SSSR count). The van der Waals surface area contributed by atoms with Crippen LogP contribution in [0, 0.1) is 3.57 Å². The average molecular weight is 301 g/mol. The fourth-order valence-electron chi connectivity index (χ4n) is 2.08. The minimum atomic E-state index is 0.768. The number of nitrogens with one attached hydrogen (secondary N) is 1. The van der Waals surface area contributed by atoms with E-state index >= 15 is 0 Å². The predicted molar refractivity (Wildman–Crippen MR) is 68.6 cm³/mol. The SMILES string of the molecule is CCNC1CC(c2ccc(I)cc2)C1. The van der Waals surface area contributed by atoms with E-state index in [4.69, 9.17) is 0 Å². The summed E-state index contributed by atoms with van der Waals surface area (Å²) in [6, 6.07) is 9.72. The molecule has 1 aliphatic rings. The maximum atomic E-state index is 3.49. The van der Waals surface area contributed by atoms with Gasteiger partial charge in [-0.15, -0.1) is 0 Å². The van der Waals surface area contributed by atoms with Crippen molar-refractivity contribution < 1.29 is 0 Å². The zero-order chi connectivity index (χ0) is 9.97. The Morgan fingerprint density at radius 3 is 2.50 bits per heavy atom. The van der Waals surface area contributed by atoms with Crippen LogP contribution in [0.4, 0.5) is 0 Å². The van der Waals surface area contributed by atoms with Gasteiger partial charge in [0.15, 0.2) is 0 Å². The molecule has 0 aliphatic heterocycles. The van der Waals surface area contributed by atoms with Crippen LogP contribution in [0.2, 0.25) is 0 Å². The Hall–Kier alpha value is -0.0900. The van der Waals surface area contributed by atoms with E-state index in [1.165, 1.54) is 22.0 Å². The molecular weight excluding hydrogens is 285 g/mol. The molecule has 1 N–H and O–H groups in total. The van der Waals surface area contributed by atoms with Crippen molar-refractivity contribution in [1.82, 2.24) is 5.32 Å². The molecule has 0 bridgehead atoms. The number of benzene rings is 1. The van der Waals surface area contributed by atoms with Crippen LogP contribution < -0.4 is 5.32 Å². The first-order valence-corrected chi connectivity index (χ1v) is 6.36. The van der Waals surface area contributed by atoms with Crippen molar-refractivity contribution in [3.8, 4) is 0 Å². The molecule has 0 atom stereocenters. The van der Waals surface area contributed by atoms with Crippen molar-refractivity contribution in [2.75, 3.05) is 6.54 Å². The Morgan fingerprint density at radius 1 is 1.29 bits per heavy atom. The molecule has 0 spiro atoms. The number of halogens is 1. The second kappa shape index (κ2) is 4.62. The van der Waals surface area contributed by atoms with Crippen molar-refractivity contribution in [3.05, 3.63) is 33.4 Å². The first kappa shape index (κ1) is 10.4. The van der Waals surface area contributed by atoms with E-state index in [-0.39, 0.29) is 0 Å². The summed E-state index contributed by atoms with van der Waals surface area (Å²) >= 11 is 2.36. The molecule has 1 aromatic rings. The summed E-state index contributed by atoms with van der Waals surface area (Å²) in [6.07, 6.45) is 2.63. The van der Waals surface area contributed by atoms with Crippen LogP contribution in [-0.4, -0.2) is 12.6 Å². The van der Waals surface area contributed by atoms with E-state index in [0.29, 0.717) is 0 Å². The summed E-state index contributed by atoms with van der Waals surface area (Å²) < 4.78 is 1.33. The van der Waals surface area contributed by atoms with Crippen molar-refractivity contribution in [2.24, 2.45) is 0 Å². The van der Waals surface area contributed by atoms with Gasteiger partial charge in [-0.25, -0.2) is 0 Å². The highest BCUT2D eigenvalue weighted by molar-refractivity contribution is 14.1. The highest BCUT2D eigenvalue weighted by atomic mass is 127. The first-order chi connectivity index (χ1) is 6.79. The zero-order valence-electron chi connectivity index (χ0n) is 8.46. The van der Waals surface area contributed by atoms with Crippen LogP contribution in [0.1, 0.15) is 31.2 Å². The summed E-state index contributed by atoms with van der Waals surface area (Å²) in [7, 11) is 0. The lowest BCUT2D eigenvalue weighted by atomic mass is 9.76. The second-order valence-electron chi connectivity index (χ2n) is 3.97. The van der Waals surface area contributed by atoms with Crippen LogP contribution in [-0.2, 0) is 0 Å². The highest BCUT2D eigenvalue weighted by Crippen LogP contribution is 2.36. The topological polar surface area (TPSA) is 12.0 Å². The molecule has 1 nitrogen and oxygen atoms in total. The van der Waals surface area contributed by atoms with Crippen molar-refractivity contribution in [3.63, 3.8) is 0 Å². The third kappa shape index (κ3) is 2.28. The number of rotatable bonds is 3. The van der Waals surface area contributed by atoms with Gasteiger partial charge in [0, 0.05) is 9.61 Å². The first-order valence-electron chi connectivity index (χ1n) is 5.28. The smallest absolute Gasteiger partial charge is 0.0130 e. The summed E-state index contributed by atoms with van der Waals surface area (Å²) in [4.78, 5) is 0. The minimum absolute atomic E-state index is 0.768. The van der Waals surface area contributed by atoms with Gasteiger partial charge in [-0.05, 0) is 65.6 Å². The zero-order valence-corrected chi connectivity index (χ0v) is 10.6. The fraction of sp³-hybridized carbons (Fsp3) is 0.500. The Morgan fingerprint density at radius 2 is 1.93 bits per heavy atom. The third-order valence-electron chi connectivity index (χ3n) is 2.97. The third-order valence-corrected chi connectivity index (χ3v) is 3.69. The summed E-state index contributed by atoms with van der Waals surface area (Å²) in [5, 5.41) is 3.49. The van der Waals surface area contributed by atoms with E-state index in [1.807, 2.05) is 0 Å². The molecule has 0 amide bonds. The van der Waals surface area contributed by atoms with Gasteiger partial charge in [0.05, 0.1) is 0 Å². The van der Waals surface area contributed by atoms with Crippen molar-refractivity contribution >= 4 is 22.6 Å². The van der Waals surface area contributed by atoms with Crippen LogP contribution in [0.5, 0.6) is 0 Å². The lowest BCUT2D eigenvalue weighted by Gasteiger charge is -2.36. The van der Waals surface area contributed by atoms with Gasteiger partial charge in [0.25, 0.3) is 0 Å². The average Bonchev–Trinajstić information content (AvgIpc) is 2.13. The fourth-order valence-corrected chi connectivity index (χ4v) is 2.44. The van der Waals surface area contributed by atoms with Crippen molar-refractivity contribution in [1.29, 1.82) is 0 Å². The van der Waals surface area contributed by atoms with E-state index in [9.17, 15) is 0 Å². The van der Waals surface area contributed by atoms with Crippen LogP contribution >= 0.6 is 22.6 Å². The Labute approximate surface area is 99.4 Å². The molecule has 0 saturated heterocycles. The molecule has 0 aromatic heterocycles. The quantitative estimate of drug-likeness (QED) is 0.846. The summed E-state index contributed by atoms with van der Waals surface area (Å²) in [5.41, 5.74) is 1.51. The standard InChI is InChI=1S/C12H16IN/c1-2-14-12-7-10(8-12)9-3-5-11(13)6-4-9/h3-6,10,12,14H,2,7-8H2,1H3. The molecule has 76 valence electrons. The molecule has 0 unspecified atom stereocenters. The monoisotopic (exact) mass is 301 g/mol. The van der Waals surface area contributed by atoms with Crippen molar-refractivity contribution in [2.45, 2.75) is 31.7 Å². The molecular formula is C12H16IN. The minimum Gasteiger partial charge on any atom is -0.314 e. The largest absolute Gasteiger partial charge is 0.314 e. The van der Waals surface area contributed by atoms with Gasteiger partial charge in [-0.3, -0.25) is 0 Å². The number of hydrogen-bond donors (Lipinski definition) is 1. The maximum absolute atomic E-state index is 3.49. The molecule has 1 aromatic carbocycles. The Kier molecular flexibility index (Phi) is 3.44. The van der Waals surface area contributed by atoms with Gasteiger partial charge < -0.3 is 5.32 Å². The van der Waals surface area contributed by atoms with Crippen LogP contribution in [0.3, 0.4) is 0 Å². The van der Waals surface area contributed by atoms with E-state index in [1.54, 1.807) is 0 Å². The molecule has 1 saturated carbocycles. The van der Waals surface area contributed by atoms with Gasteiger partial charge in [-0.1, -0.05) is 19.1 Å². The normalized spacial score (nSPS) is 25.9. The van der Waals surface area contributed by atoms with Gasteiger partial charge in [-0.2, -0.15) is 0 Å². The second-order valence-corrected chi connectivity index (χ2v) is 5.22. The van der Waals surface area contributed by atoms with Crippen LogP contribution in [0.15, 0.2) is 24.3 Å². The number of hydrogen-bond acceptors (Lipinski definition) is 1. The predicted octanol–water partition coefficient (Wildman–Crippen LogP) is 3.15. The van der Waals surface area contributed by atoms with E-state index < -0.39 is 0 Å². The molecule has 1 fully saturated rings. The molecule has 0 heterocycles. The van der Waals surface area contributed by atoms with E-state index in [0.717, 1.165) is 18.5 Å². The van der Waals surface area contributed by atoms with Gasteiger partial charge in [0.1, 0.15) is 0 Å². The Bertz CT molecular complexity index is 288.